The molecule has 6 heteroatoms. The highest BCUT2D eigenvalue weighted by atomic mass is 35.5. The van der Waals surface area contributed by atoms with E-state index in [1.807, 2.05) is 0 Å². The molecule has 0 atom stereocenters. The summed E-state index contributed by atoms with van der Waals surface area (Å²) >= 11 is 11.7. The number of carbonyl (C=O) groups excluding carboxylic acids is 2. The van der Waals surface area contributed by atoms with Gasteiger partial charge in [-0.15, -0.1) is 0 Å². The number of anilines is 2. The van der Waals surface area contributed by atoms with Crippen LogP contribution in [0.4, 0.5) is 11.4 Å². The topological polar surface area (TPSA) is 49.4 Å². The van der Waals surface area contributed by atoms with Crippen molar-refractivity contribution < 1.29 is 9.59 Å². The largest absolute Gasteiger partial charge is 0.325 e. The number of nitrogens with zero attached hydrogens (tertiary/aromatic N) is 1. The third-order valence-electron chi connectivity index (χ3n) is 2.93. The molecular formula is C16H14Cl2N2O2. The first-order chi connectivity index (χ1) is 10.5. The Kier molecular flexibility index (Phi) is 5.41. The lowest BCUT2D eigenvalue weighted by Gasteiger charge is -2.21. The minimum absolute atomic E-state index is 0.0989. The van der Waals surface area contributed by atoms with Crippen molar-refractivity contribution in [2.24, 2.45) is 0 Å². The molecule has 0 saturated carbocycles. The standard InChI is InChI=1S/C16H14Cl2N2O2/c1-11(21)20(15-4-2-3-13(18)9-15)10-16(22)19-14-7-5-12(17)6-8-14/h2-9H,10H2,1H3,(H,19,22). The van der Waals surface area contributed by atoms with E-state index in [9.17, 15) is 9.59 Å². The molecule has 0 spiro atoms. The van der Waals surface area contributed by atoms with E-state index in [0.29, 0.717) is 21.4 Å². The van der Waals surface area contributed by atoms with E-state index < -0.39 is 0 Å². The number of halogens is 2. The molecule has 0 aliphatic heterocycles. The third-order valence-corrected chi connectivity index (χ3v) is 3.42. The monoisotopic (exact) mass is 336 g/mol. The van der Waals surface area contributed by atoms with Gasteiger partial charge < -0.3 is 10.2 Å². The zero-order valence-corrected chi connectivity index (χ0v) is 13.4. The number of carbonyl (C=O) groups is 2. The van der Waals surface area contributed by atoms with Crippen LogP contribution in [-0.2, 0) is 9.59 Å². The van der Waals surface area contributed by atoms with E-state index in [1.54, 1.807) is 48.5 Å². The zero-order chi connectivity index (χ0) is 16.1. The lowest BCUT2D eigenvalue weighted by atomic mass is 10.2. The Labute approximate surface area is 138 Å². The van der Waals surface area contributed by atoms with Crippen LogP contribution in [0.2, 0.25) is 10.0 Å². The average molecular weight is 337 g/mol. The number of benzene rings is 2. The molecule has 0 aliphatic rings. The van der Waals surface area contributed by atoms with E-state index in [-0.39, 0.29) is 18.4 Å². The first-order valence-electron chi connectivity index (χ1n) is 6.55. The minimum Gasteiger partial charge on any atom is -0.325 e. The van der Waals surface area contributed by atoms with E-state index >= 15 is 0 Å². The van der Waals surface area contributed by atoms with Crippen LogP contribution in [0.3, 0.4) is 0 Å². The first kappa shape index (κ1) is 16.3. The van der Waals surface area contributed by atoms with E-state index in [0.717, 1.165) is 0 Å². The Morgan fingerprint density at radius 2 is 1.73 bits per heavy atom. The fourth-order valence-electron chi connectivity index (χ4n) is 1.91. The summed E-state index contributed by atoms with van der Waals surface area (Å²) in [5, 5.41) is 3.80. The Hall–Kier alpha value is -2.04. The van der Waals surface area contributed by atoms with Gasteiger partial charge in [0.15, 0.2) is 0 Å². The highest BCUT2D eigenvalue weighted by Crippen LogP contribution is 2.20. The number of amides is 2. The normalized spacial score (nSPS) is 10.1. The summed E-state index contributed by atoms with van der Waals surface area (Å²) in [6.45, 7) is 1.30. The van der Waals surface area contributed by atoms with E-state index in [1.165, 1.54) is 11.8 Å². The van der Waals surface area contributed by atoms with Gasteiger partial charge in [0.1, 0.15) is 6.54 Å². The molecule has 2 aromatic rings. The average Bonchev–Trinajstić information content (AvgIpc) is 2.47. The van der Waals surface area contributed by atoms with Crippen molar-refractivity contribution in [2.45, 2.75) is 6.92 Å². The second-order valence-electron chi connectivity index (χ2n) is 4.64. The predicted molar refractivity (Wildman–Crippen MR) is 89.6 cm³/mol. The maximum atomic E-state index is 12.1. The molecule has 0 unspecified atom stereocenters. The van der Waals surface area contributed by atoms with Crippen molar-refractivity contribution in [2.75, 3.05) is 16.8 Å². The second-order valence-corrected chi connectivity index (χ2v) is 5.51. The number of hydrogen-bond acceptors (Lipinski definition) is 2. The van der Waals surface area contributed by atoms with Gasteiger partial charge >= 0.3 is 0 Å². The van der Waals surface area contributed by atoms with Crippen LogP contribution in [0.15, 0.2) is 48.5 Å². The summed E-state index contributed by atoms with van der Waals surface area (Å²) in [6, 6.07) is 13.5. The second kappa shape index (κ2) is 7.29. The van der Waals surface area contributed by atoms with Gasteiger partial charge in [-0.3, -0.25) is 9.59 Å². The minimum atomic E-state index is -0.308. The number of hydrogen-bond donors (Lipinski definition) is 1. The maximum absolute atomic E-state index is 12.1. The van der Waals surface area contributed by atoms with Gasteiger partial charge in [-0.25, -0.2) is 0 Å². The van der Waals surface area contributed by atoms with E-state index in [2.05, 4.69) is 5.32 Å². The molecule has 0 saturated heterocycles. The number of nitrogens with one attached hydrogen (secondary N) is 1. The van der Waals surface area contributed by atoms with Crippen molar-refractivity contribution in [3.63, 3.8) is 0 Å². The summed E-state index contributed by atoms with van der Waals surface area (Å²) in [5.41, 5.74) is 1.19. The molecule has 4 nitrogen and oxygen atoms in total. The molecule has 0 bridgehead atoms. The molecule has 0 heterocycles. The lowest BCUT2D eigenvalue weighted by molar-refractivity contribution is -0.120. The fraction of sp³-hybridized carbons (Fsp3) is 0.125. The lowest BCUT2D eigenvalue weighted by Crippen LogP contribution is -2.36. The zero-order valence-electron chi connectivity index (χ0n) is 11.8. The highest BCUT2D eigenvalue weighted by Gasteiger charge is 2.16. The maximum Gasteiger partial charge on any atom is 0.244 e. The first-order valence-corrected chi connectivity index (χ1v) is 7.30. The van der Waals surface area contributed by atoms with Crippen LogP contribution in [0.1, 0.15) is 6.92 Å². The van der Waals surface area contributed by atoms with Gasteiger partial charge in [0.2, 0.25) is 11.8 Å². The van der Waals surface area contributed by atoms with Gasteiger partial charge in [-0.1, -0.05) is 29.3 Å². The molecule has 2 amide bonds. The summed E-state index contributed by atoms with van der Waals surface area (Å²) in [5.74, 6) is -0.550. The third kappa shape index (κ3) is 4.48. The van der Waals surface area contributed by atoms with Crippen LogP contribution in [0, 0.1) is 0 Å². The van der Waals surface area contributed by atoms with Crippen LogP contribution in [0.5, 0.6) is 0 Å². The summed E-state index contributed by atoms with van der Waals surface area (Å²) in [6.07, 6.45) is 0. The van der Waals surface area contributed by atoms with Crippen molar-refractivity contribution in [3.05, 3.63) is 58.6 Å². The van der Waals surface area contributed by atoms with Crippen LogP contribution in [-0.4, -0.2) is 18.4 Å². The molecule has 1 N–H and O–H groups in total. The van der Waals surface area contributed by atoms with Crippen LogP contribution >= 0.6 is 23.2 Å². The highest BCUT2D eigenvalue weighted by molar-refractivity contribution is 6.31. The van der Waals surface area contributed by atoms with Gasteiger partial charge in [0.05, 0.1) is 0 Å². The number of rotatable bonds is 4. The Morgan fingerprint density at radius 1 is 1.05 bits per heavy atom. The Bertz CT molecular complexity index is 687. The smallest absolute Gasteiger partial charge is 0.244 e. The summed E-state index contributed by atoms with van der Waals surface area (Å²) in [7, 11) is 0. The van der Waals surface area contributed by atoms with Crippen LogP contribution < -0.4 is 10.2 Å². The summed E-state index contributed by atoms with van der Waals surface area (Å²) in [4.78, 5) is 25.2. The molecule has 0 radical (unpaired) electrons. The van der Waals surface area contributed by atoms with Gasteiger partial charge in [0, 0.05) is 28.3 Å². The van der Waals surface area contributed by atoms with Crippen molar-refractivity contribution in [1.29, 1.82) is 0 Å². The molecule has 0 fully saturated rings. The molecule has 0 aromatic heterocycles. The molecular weight excluding hydrogens is 323 g/mol. The van der Waals surface area contributed by atoms with Gasteiger partial charge in [0.25, 0.3) is 0 Å². The van der Waals surface area contributed by atoms with Crippen molar-refractivity contribution >= 4 is 46.4 Å². The SMILES string of the molecule is CC(=O)N(CC(=O)Nc1ccc(Cl)cc1)c1cccc(Cl)c1. The fourth-order valence-corrected chi connectivity index (χ4v) is 2.22. The van der Waals surface area contributed by atoms with E-state index in [4.69, 9.17) is 23.2 Å². The Morgan fingerprint density at radius 3 is 2.32 bits per heavy atom. The van der Waals surface area contributed by atoms with Crippen molar-refractivity contribution in [1.82, 2.24) is 0 Å². The van der Waals surface area contributed by atoms with Crippen molar-refractivity contribution in [3.8, 4) is 0 Å². The molecule has 2 aromatic carbocycles. The summed E-state index contributed by atoms with van der Waals surface area (Å²) < 4.78 is 0. The molecule has 22 heavy (non-hydrogen) atoms. The molecule has 114 valence electrons. The quantitative estimate of drug-likeness (QED) is 0.917. The molecule has 0 aliphatic carbocycles. The predicted octanol–water partition coefficient (Wildman–Crippen LogP) is 3.99. The molecule has 2 rings (SSSR count). The van der Waals surface area contributed by atoms with Gasteiger partial charge in [-0.2, -0.15) is 0 Å². The Balaban J connectivity index is 2.09. The van der Waals surface area contributed by atoms with Crippen LogP contribution in [0.25, 0.3) is 0 Å². The van der Waals surface area contributed by atoms with Gasteiger partial charge in [-0.05, 0) is 42.5 Å².